The van der Waals surface area contributed by atoms with Gasteiger partial charge in [0.05, 0.1) is 5.75 Å². The van der Waals surface area contributed by atoms with Crippen molar-refractivity contribution < 1.29 is 14.1 Å². The minimum absolute atomic E-state index is 0.174. The van der Waals surface area contributed by atoms with Crippen LogP contribution >= 0.6 is 23.1 Å². The number of piperazine rings is 1. The summed E-state index contributed by atoms with van der Waals surface area (Å²) < 4.78 is 5.65. The molecule has 1 aliphatic heterocycles. The van der Waals surface area contributed by atoms with E-state index in [2.05, 4.69) is 39.4 Å². The topological polar surface area (TPSA) is 104 Å². The van der Waals surface area contributed by atoms with Gasteiger partial charge < -0.3 is 19.6 Å². The lowest BCUT2D eigenvalue weighted by atomic mass is 10.1. The normalized spacial score (nSPS) is 14.6. The van der Waals surface area contributed by atoms with Crippen molar-refractivity contribution in [2.24, 2.45) is 5.92 Å². The Balaban J connectivity index is 1.44. The van der Waals surface area contributed by atoms with Crippen LogP contribution in [-0.4, -0.2) is 64.0 Å². The van der Waals surface area contributed by atoms with Crippen molar-refractivity contribution >= 4 is 45.9 Å². The lowest BCUT2D eigenvalue weighted by molar-refractivity contribution is -0.132. The second kappa shape index (κ2) is 9.37. The van der Waals surface area contributed by atoms with Crippen molar-refractivity contribution in [1.82, 2.24) is 20.3 Å². The highest BCUT2D eigenvalue weighted by atomic mass is 32.2. The first kappa shape index (κ1) is 20.6. The van der Waals surface area contributed by atoms with E-state index in [4.69, 9.17) is 4.52 Å². The number of carbonyl (C=O) groups is 2. The molecule has 2 amide bonds. The van der Waals surface area contributed by atoms with Gasteiger partial charge in [-0.1, -0.05) is 42.1 Å². The van der Waals surface area contributed by atoms with Gasteiger partial charge in [0, 0.05) is 38.7 Å². The predicted molar refractivity (Wildman–Crippen MR) is 109 cm³/mol. The highest BCUT2D eigenvalue weighted by molar-refractivity contribution is 8.01. The Labute approximate surface area is 171 Å². The van der Waals surface area contributed by atoms with Crippen molar-refractivity contribution in [1.29, 1.82) is 0 Å². The van der Waals surface area contributed by atoms with E-state index in [1.165, 1.54) is 23.1 Å². The summed E-state index contributed by atoms with van der Waals surface area (Å²) in [4.78, 5) is 28.2. The molecule has 0 radical (unpaired) electrons. The number of nitrogens with zero attached hydrogens (tertiary/aromatic N) is 5. The fraction of sp³-hybridized carbons (Fsp3) is 0.588. The Hall–Kier alpha value is -2.14. The Morgan fingerprint density at radius 2 is 2.04 bits per heavy atom. The van der Waals surface area contributed by atoms with Crippen LogP contribution in [0, 0.1) is 12.8 Å². The number of nitrogens with one attached hydrogen (secondary N) is 1. The molecule has 0 atom stereocenters. The third kappa shape index (κ3) is 5.68. The molecule has 0 saturated carbocycles. The van der Waals surface area contributed by atoms with E-state index in [0.29, 0.717) is 37.0 Å². The van der Waals surface area contributed by atoms with Crippen molar-refractivity contribution in [2.75, 3.05) is 42.1 Å². The smallest absolute Gasteiger partial charge is 0.236 e. The largest absolute Gasteiger partial charge is 0.360 e. The molecular formula is C17H24N6O3S2. The number of carbonyl (C=O) groups excluding carboxylic acids is 2. The first-order valence-electron chi connectivity index (χ1n) is 9.13. The summed E-state index contributed by atoms with van der Waals surface area (Å²) in [7, 11) is 0. The Morgan fingerprint density at radius 3 is 2.68 bits per heavy atom. The summed E-state index contributed by atoms with van der Waals surface area (Å²) in [5.74, 6) is 1.69. The third-order valence-electron chi connectivity index (χ3n) is 4.10. The Kier molecular flexibility index (Phi) is 6.89. The van der Waals surface area contributed by atoms with E-state index in [-0.39, 0.29) is 17.6 Å². The molecule has 0 aliphatic carbocycles. The van der Waals surface area contributed by atoms with Gasteiger partial charge in [-0.2, -0.15) is 0 Å². The highest BCUT2D eigenvalue weighted by Crippen LogP contribution is 2.28. The van der Waals surface area contributed by atoms with Gasteiger partial charge in [0.15, 0.2) is 10.2 Å². The number of aromatic nitrogens is 3. The molecule has 2 aromatic rings. The average molecular weight is 425 g/mol. The number of rotatable bonds is 7. The number of thioether (sulfide) groups is 1. The van der Waals surface area contributed by atoms with E-state index >= 15 is 0 Å². The molecule has 0 unspecified atom stereocenters. The SMILES string of the molecule is Cc1cc(NC(=O)CSc2nnc(N3CCN(C(=O)CC(C)C)CC3)s2)no1. The molecule has 0 spiro atoms. The standard InChI is InChI=1S/C17H24N6O3S2/c1-11(2)8-15(25)22-4-6-23(7-5-22)16-19-20-17(28-16)27-10-14(24)18-13-9-12(3)26-21-13/h9,11H,4-8,10H2,1-3H3,(H,18,21,24). The van der Waals surface area contributed by atoms with Gasteiger partial charge in [-0.05, 0) is 12.8 Å². The van der Waals surface area contributed by atoms with Crippen LogP contribution < -0.4 is 10.2 Å². The van der Waals surface area contributed by atoms with E-state index in [1.807, 2.05) is 4.90 Å². The van der Waals surface area contributed by atoms with Crippen LogP contribution in [-0.2, 0) is 9.59 Å². The molecule has 0 aromatic carbocycles. The van der Waals surface area contributed by atoms with E-state index in [1.54, 1.807) is 13.0 Å². The maximum absolute atomic E-state index is 12.2. The van der Waals surface area contributed by atoms with Gasteiger partial charge in [-0.25, -0.2) is 0 Å². The van der Waals surface area contributed by atoms with Crippen molar-refractivity contribution in [2.45, 2.75) is 31.5 Å². The Morgan fingerprint density at radius 1 is 1.29 bits per heavy atom. The molecule has 1 N–H and O–H groups in total. The fourth-order valence-electron chi connectivity index (χ4n) is 2.75. The summed E-state index contributed by atoms with van der Waals surface area (Å²) in [6, 6.07) is 1.66. The monoisotopic (exact) mass is 424 g/mol. The van der Waals surface area contributed by atoms with Crippen LogP contribution in [0.1, 0.15) is 26.0 Å². The first-order valence-corrected chi connectivity index (χ1v) is 10.9. The van der Waals surface area contributed by atoms with E-state index < -0.39 is 0 Å². The molecule has 2 aromatic heterocycles. The number of aryl methyl sites for hydroxylation is 1. The zero-order valence-electron chi connectivity index (χ0n) is 16.2. The van der Waals surface area contributed by atoms with Gasteiger partial charge in [0.1, 0.15) is 5.76 Å². The van der Waals surface area contributed by atoms with Crippen molar-refractivity contribution in [3.63, 3.8) is 0 Å². The third-order valence-corrected chi connectivity index (χ3v) is 6.22. The molecule has 11 heteroatoms. The quantitative estimate of drug-likeness (QED) is 0.675. The van der Waals surface area contributed by atoms with Crippen LogP contribution in [0.25, 0.3) is 0 Å². The molecule has 1 fully saturated rings. The minimum Gasteiger partial charge on any atom is -0.360 e. The highest BCUT2D eigenvalue weighted by Gasteiger charge is 2.23. The van der Waals surface area contributed by atoms with Gasteiger partial charge in [0.2, 0.25) is 16.9 Å². The number of hydrogen-bond donors (Lipinski definition) is 1. The summed E-state index contributed by atoms with van der Waals surface area (Å²) in [6.45, 7) is 8.77. The molecule has 152 valence electrons. The van der Waals surface area contributed by atoms with Crippen LogP contribution in [0.2, 0.25) is 0 Å². The first-order chi connectivity index (χ1) is 13.4. The molecule has 1 saturated heterocycles. The van der Waals surface area contributed by atoms with Gasteiger partial charge in [-0.15, -0.1) is 10.2 Å². The minimum atomic E-state index is -0.174. The lowest BCUT2D eigenvalue weighted by Gasteiger charge is -2.34. The summed E-state index contributed by atoms with van der Waals surface area (Å²) in [6.07, 6.45) is 0.593. The fourth-order valence-corrected chi connectivity index (χ4v) is 4.44. The second-order valence-corrected chi connectivity index (χ2v) is 9.15. The maximum atomic E-state index is 12.2. The average Bonchev–Trinajstić information content (AvgIpc) is 3.28. The summed E-state index contributed by atoms with van der Waals surface area (Å²) in [5.41, 5.74) is 0. The Bertz CT molecular complexity index is 813. The number of anilines is 2. The van der Waals surface area contributed by atoms with Gasteiger partial charge in [0.25, 0.3) is 0 Å². The van der Waals surface area contributed by atoms with Crippen LogP contribution in [0.5, 0.6) is 0 Å². The van der Waals surface area contributed by atoms with Crippen LogP contribution in [0.3, 0.4) is 0 Å². The molecule has 3 heterocycles. The zero-order valence-corrected chi connectivity index (χ0v) is 17.8. The molecular weight excluding hydrogens is 400 g/mol. The molecule has 28 heavy (non-hydrogen) atoms. The van der Waals surface area contributed by atoms with Crippen LogP contribution in [0.4, 0.5) is 10.9 Å². The summed E-state index contributed by atoms with van der Waals surface area (Å²) >= 11 is 2.80. The number of amides is 2. The van der Waals surface area contributed by atoms with E-state index in [9.17, 15) is 9.59 Å². The lowest BCUT2D eigenvalue weighted by Crippen LogP contribution is -2.49. The zero-order chi connectivity index (χ0) is 20.1. The summed E-state index contributed by atoms with van der Waals surface area (Å²) in [5, 5.41) is 15.6. The van der Waals surface area contributed by atoms with Gasteiger partial charge in [-0.3, -0.25) is 9.59 Å². The molecule has 9 nitrogen and oxygen atoms in total. The molecule has 3 rings (SSSR count). The van der Waals surface area contributed by atoms with Crippen molar-refractivity contribution in [3.05, 3.63) is 11.8 Å². The molecule has 1 aliphatic rings. The predicted octanol–water partition coefficient (Wildman–Crippen LogP) is 2.26. The van der Waals surface area contributed by atoms with Crippen molar-refractivity contribution in [3.8, 4) is 0 Å². The van der Waals surface area contributed by atoms with Crippen LogP contribution in [0.15, 0.2) is 14.9 Å². The second-order valence-electron chi connectivity index (χ2n) is 6.98. The van der Waals surface area contributed by atoms with E-state index in [0.717, 1.165) is 22.6 Å². The maximum Gasteiger partial charge on any atom is 0.236 e. The molecule has 0 bridgehead atoms. The van der Waals surface area contributed by atoms with Gasteiger partial charge >= 0.3 is 0 Å². The number of hydrogen-bond acceptors (Lipinski definition) is 9.